The molecule has 0 saturated heterocycles. The number of hydrogen-bond acceptors (Lipinski definition) is 18. The fourth-order valence-electron chi connectivity index (χ4n) is 5.98. The summed E-state index contributed by atoms with van der Waals surface area (Å²) in [5.74, 6) is -1.03. The van der Waals surface area contributed by atoms with Crippen molar-refractivity contribution in [2.45, 2.75) is 140 Å². The van der Waals surface area contributed by atoms with Crippen molar-refractivity contribution >= 4 is 42.3 Å². The van der Waals surface area contributed by atoms with Gasteiger partial charge in [-0.1, -0.05) is 173 Å². The Bertz CT molecular complexity index is 3170. The van der Waals surface area contributed by atoms with Gasteiger partial charge in [-0.15, -0.1) is 0 Å². The maximum absolute atomic E-state index is 11.3. The molecule has 18 heteroatoms. The van der Waals surface area contributed by atoms with Crippen molar-refractivity contribution in [2.75, 3.05) is 0 Å². The van der Waals surface area contributed by atoms with Gasteiger partial charge in [-0.3, -0.25) is 0 Å². The van der Waals surface area contributed by atoms with Gasteiger partial charge in [-0.05, 0) is 158 Å². The van der Waals surface area contributed by atoms with E-state index in [0.717, 1.165) is 11.1 Å². The molecule has 0 aliphatic heterocycles. The summed E-state index contributed by atoms with van der Waals surface area (Å²) < 4.78 is 9.83. The van der Waals surface area contributed by atoms with E-state index in [1.165, 1.54) is 60.9 Å². The van der Waals surface area contributed by atoms with Crippen LogP contribution in [0.15, 0.2) is 209 Å². The zero-order chi connectivity index (χ0) is 75.2. The predicted octanol–water partition coefficient (Wildman–Crippen LogP) is 13.7. The Kier molecular flexibility index (Phi) is 53.9. The summed E-state index contributed by atoms with van der Waals surface area (Å²) in [4.78, 5) is 22.4. The molecule has 0 unspecified atom stereocenters. The lowest BCUT2D eigenvalue weighted by molar-refractivity contribution is -0.130. The lowest BCUT2D eigenvalue weighted by Crippen LogP contribution is -2.10. The van der Waals surface area contributed by atoms with Crippen molar-refractivity contribution in [3.8, 4) is 34.5 Å². The summed E-state index contributed by atoms with van der Waals surface area (Å²) in [7, 11) is 0. The van der Waals surface area contributed by atoms with Gasteiger partial charge in [0.05, 0.1) is 45.2 Å². The molecular formula is C79H106O18. The molecule has 0 saturated carbocycles. The monoisotopic (exact) mass is 1340 g/mol. The maximum atomic E-state index is 11.3. The van der Waals surface area contributed by atoms with Crippen LogP contribution in [0.3, 0.4) is 0 Å². The van der Waals surface area contributed by atoms with E-state index in [4.69, 9.17) is 65.6 Å². The summed E-state index contributed by atoms with van der Waals surface area (Å²) in [6.07, 6.45) is 8.26. The van der Waals surface area contributed by atoms with Crippen LogP contribution in [0.1, 0.15) is 137 Å². The number of phenolic OH excluding ortho intramolecular Hbond substituents is 1. The third kappa shape index (κ3) is 51.5. The molecule has 0 heterocycles. The minimum atomic E-state index is -0.608. The van der Waals surface area contributed by atoms with Gasteiger partial charge in [0.1, 0.15) is 34.5 Å². The van der Waals surface area contributed by atoms with Gasteiger partial charge in [0.2, 0.25) is 0 Å². The standard InChI is InChI=1S/C12H14O5.C11H12O4.C10H12O3.C9H10O2.3C8H8.C4H10O.3C3H8O/c1-7(2)12(16)17-10-3-8(5-13)11(15)9(4-10)6-14;1-7(2)11(14)15-10-4-8(6-12)3-9(13)5-10;1-2-7-3-8(5-11)10(13)9(4-7)6-12;1-2-7-3-4-9(11)8(5-7)6-10;3*1-2-8-6-4-3-5-7-8;1-4(2,3)5;3*1-3(2)4/h3-4,13-15H,1,5-6H2,2H3;3-5,12-13H,1,6H2,2H3;2-4,11-13H,1,5-6H2;2-5,10-11H,1,6H2;3*2-7H,1H2;5H,1-3H3;3*3-4H,1-2H3. The summed E-state index contributed by atoms with van der Waals surface area (Å²) >= 11 is 0. The number of hydrogen-bond donors (Lipinski definition) is 14. The molecule has 7 rings (SSSR count). The minimum Gasteiger partial charge on any atom is -0.508 e. The van der Waals surface area contributed by atoms with Crippen LogP contribution in [0.4, 0.5) is 0 Å². The summed E-state index contributed by atoms with van der Waals surface area (Å²) in [6, 6.07) is 45.1. The number of aromatic hydroxyl groups is 4. The van der Waals surface area contributed by atoms with Crippen molar-refractivity contribution in [1.82, 2.24) is 0 Å². The van der Waals surface area contributed by atoms with Crippen LogP contribution < -0.4 is 9.47 Å². The molecular weight excluding hydrogens is 1240 g/mol. The Morgan fingerprint density at radius 2 is 0.670 bits per heavy atom. The quantitative estimate of drug-likeness (QED) is 0.0258. The van der Waals surface area contributed by atoms with Crippen molar-refractivity contribution in [2.24, 2.45) is 0 Å². The van der Waals surface area contributed by atoms with Gasteiger partial charge in [0.25, 0.3) is 0 Å². The van der Waals surface area contributed by atoms with Crippen LogP contribution in [-0.2, 0) is 49.2 Å². The number of aliphatic hydroxyl groups excluding tert-OH is 9. The van der Waals surface area contributed by atoms with E-state index >= 15 is 0 Å². The van der Waals surface area contributed by atoms with E-state index in [1.807, 2.05) is 109 Å². The van der Waals surface area contributed by atoms with Crippen molar-refractivity contribution in [1.29, 1.82) is 0 Å². The first kappa shape index (κ1) is 93.9. The number of benzene rings is 7. The summed E-state index contributed by atoms with van der Waals surface area (Å²) in [5, 5.41) is 123. The van der Waals surface area contributed by atoms with Crippen molar-refractivity contribution in [3.05, 3.63) is 270 Å². The highest BCUT2D eigenvalue weighted by atomic mass is 16.5. The highest BCUT2D eigenvalue weighted by molar-refractivity contribution is 5.89. The SMILES string of the molecule is C=C(C)C(=O)Oc1cc(CO)c(O)c(CO)c1.C=C(C)C(=O)Oc1cc(O)cc(CO)c1.C=Cc1cc(CO)c(O)c(CO)c1.C=Cc1ccc(O)c(CO)c1.C=Cc1ccccc1.C=Cc1ccccc1.C=Cc1ccccc1.CC(C)(C)O.CC(C)O.CC(C)O.CC(C)O. The average molecular weight is 1340 g/mol. The molecule has 0 amide bonds. The van der Waals surface area contributed by atoms with Gasteiger partial charge in [0.15, 0.2) is 0 Å². The summed E-state index contributed by atoms with van der Waals surface area (Å²) in [6.45, 7) is 41.8. The molecule has 14 N–H and O–H groups in total. The number of phenols is 4. The second kappa shape index (κ2) is 55.7. The summed E-state index contributed by atoms with van der Waals surface area (Å²) in [5.41, 5.74) is 7.36. The molecule has 0 fully saturated rings. The Labute approximate surface area is 574 Å². The van der Waals surface area contributed by atoms with E-state index in [0.29, 0.717) is 22.3 Å². The first-order valence-corrected chi connectivity index (χ1v) is 30.3. The highest BCUT2D eigenvalue weighted by Gasteiger charge is 2.13. The van der Waals surface area contributed by atoms with Crippen molar-refractivity contribution < 1.29 is 90.6 Å². The second-order valence-corrected chi connectivity index (χ2v) is 22.0. The van der Waals surface area contributed by atoms with Gasteiger partial charge in [-0.2, -0.15) is 0 Å². The molecule has 0 spiro atoms. The number of carbonyl (C=O) groups is 2. The zero-order valence-corrected chi connectivity index (χ0v) is 58.1. The topological polar surface area (TPSA) is 336 Å². The molecule has 7 aromatic rings. The van der Waals surface area contributed by atoms with Crippen LogP contribution in [-0.4, -0.2) is 107 Å². The van der Waals surface area contributed by atoms with Crippen LogP contribution in [0.25, 0.3) is 30.4 Å². The lowest BCUT2D eigenvalue weighted by atomic mass is 10.0. The van der Waals surface area contributed by atoms with Crippen LogP contribution in [0.2, 0.25) is 0 Å². The number of ether oxygens (including phenoxy) is 2. The number of esters is 2. The Morgan fingerprint density at radius 3 is 0.918 bits per heavy atom. The van der Waals surface area contributed by atoms with E-state index in [1.54, 1.807) is 105 Å². The highest BCUT2D eigenvalue weighted by Crippen LogP contribution is 2.30. The first-order chi connectivity index (χ1) is 45.5. The molecule has 18 nitrogen and oxygen atoms in total. The minimum absolute atomic E-state index is 0.0457. The maximum Gasteiger partial charge on any atom is 0.338 e. The largest absolute Gasteiger partial charge is 0.508 e. The van der Waals surface area contributed by atoms with E-state index in [9.17, 15) is 24.9 Å². The Morgan fingerprint density at radius 1 is 0.402 bits per heavy atom. The molecule has 0 radical (unpaired) electrons. The molecule has 0 aliphatic carbocycles. The van der Waals surface area contributed by atoms with E-state index < -0.39 is 30.8 Å². The van der Waals surface area contributed by atoms with Crippen molar-refractivity contribution in [3.63, 3.8) is 0 Å². The molecule has 0 aliphatic rings. The third-order valence-corrected chi connectivity index (χ3v) is 10.3. The molecule has 7 aromatic carbocycles. The fraction of sp³-hybridized carbons (Fsp3) is 0.266. The van der Waals surface area contributed by atoms with Crippen LogP contribution >= 0.6 is 0 Å². The Balaban J connectivity index is -0.000000506. The molecule has 97 heavy (non-hydrogen) atoms. The third-order valence-electron chi connectivity index (χ3n) is 10.3. The van der Waals surface area contributed by atoms with Gasteiger partial charge < -0.3 is 81.0 Å². The second-order valence-electron chi connectivity index (χ2n) is 22.0. The number of carbonyl (C=O) groups excluding carboxylic acids is 2. The molecule has 0 bridgehead atoms. The smallest absolute Gasteiger partial charge is 0.338 e. The van der Waals surface area contributed by atoms with E-state index in [-0.39, 0.29) is 102 Å². The van der Waals surface area contributed by atoms with Gasteiger partial charge in [-0.25, -0.2) is 9.59 Å². The molecule has 0 atom stereocenters. The lowest BCUT2D eigenvalue weighted by Gasteiger charge is -2.10. The first-order valence-electron chi connectivity index (χ1n) is 30.3. The van der Waals surface area contributed by atoms with Gasteiger partial charge in [0, 0.05) is 63.3 Å². The van der Waals surface area contributed by atoms with Gasteiger partial charge >= 0.3 is 11.9 Å². The number of aliphatic hydroxyl groups is 10. The normalized spacial score (nSPS) is 9.53. The zero-order valence-electron chi connectivity index (χ0n) is 58.1. The Hall–Kier alpha value is -9.54. The predicted molar refractivity (Wildman–Crippen MR) is 393 cm³/mol. The van der Waals surface area contributed by atoms with Crippen LogP contribution in [0, 0.1) is 0 Å². The number of rotatable bonds is 15. The molecule has 0 aromatic heterocycles. The fourth-order valence-corrected chi connectivity index (χ4v) is 5.98. The molecule has 530 valence electrons. The average Bonchev–Trinajstić information content (AvgIpc) is 0.864. The van der Waals surface area contributed by atoms with Crippen LogP contribution in [0.5, 0.6) is 34.5 Å². The van der Waals surface area contributed by atoms with E-state index in [2.05, 4.69) is 46.1 Å².